The molecule has 0 aliphatic carbocycles. The van der Waals surface area contributed by atoms with Gasteiger partial charge in [-0.2, -0.15) is 0 Å². The molecule has 3 aromatic rings. The smallest absolute Gasteiger partial charge is 0.159 e. The van der Waals surface area contributed by atoms with Crippen LogP contribution in [0.1, 0.15) is 17.3 Å². The molecular weight excluding hydrogens is 442 g/mol. The second-order valence-corrected chi connectivity index (χ2v) is 9.72. The largest absolute Gasteiger partial charge is 0.353 e. The number of nitrogens with zero attached hydrogens (tertiary/aromatic N) is 5. The van der Waals surface area contributed by atoms with E-state index in [0.29, 0.717) is 10.6 Å². The summed E-state index contributed by atoms with van der Waals surface area (Å²) in [7, 11) is 4.12. The van der Waals surface area contributed by atoms with E-state index in [4.69, 9.17) is 21.6 Å². The van der Waals surface area contributed by atoms with E-state index in [1.165, 1.54) is 0 Å². The van der Waals surface area contributed by atoms with Crippen LogP contribution in [-0.2, 0) is 0 Å². The van der Waals surface area contributed by atoms with Crippen LogP contribution >= 0.6 is 23.7 Å². The Hall–Kier alpha value is -2.45. The van der Waals surface area contributed by atoms with Crippen molar-refractivity contribution < 1.29 is 4.79 Å². The van der Waals surface area contributed by atoms with Crippen molar-refractivity contribution in [1.82, 2.24) is 18.6 Å². The third-order valence-corrected chi connectivity index (χ3v) is 6.46. The minimum Gasteiger partial charge on any atom is -0.353 e. The molecule has 1 fully saturated rings. The van der Waals surface area contributed by atoms with Crippen molar-refractivity contribution >= 4 is 35.3 Å². The standard InChI is InChI=1S/C24H26ClN5OS/c1-17(31)18-4-6-19(7-5-18)23-24(20-8-10-21(25)11-9-20)27-22(16-26-23)29-12-14-30(15-13-29)32-28(2)3/h4-11,16H,12-15H2,1-3H3. The molecule has 32 heavy (non-hydrogen) atoms. The third kappa shape index (κ3) is 5.30. The predicted octanol–water partition coefficient (Wildman–Crippen LogP) is 4.91. The van der Waals surface area contributed by atoms with Gasteiger partial charge in [0.15, 0.2) is 5.78 Å². The van der Waals surface area contributed by atoms with E-state index in [1.807, 2.05) is 54.7 Å². The molecule has 0 unspecified atom stereocenters. The van der Waals surface area contributed by atoms with Crippen LogP contribution in [0, 0.1) is 0 Å². The summed E-state index contributed by atoms with van der Waals surface area (Å²) in [6, 6.07) is 15.2. The molecule has 6 nitrogen and oxygen atoms in total. The normalized spacial score (nSPS) is 14.7. The Morgan fingerprint density at radius 3 is 2.12 bits per heavy atom. The molecule has 2 heterocycles. The number of Topliss-reactive ketones (excluding diaryl/α,β-unsaturated/α-hetero) is 1. The molecule has 0 atom stereocenters. The number of hydrogen-bond donors (Lipinski definition) is 0. The topological polar surface area (TPSA) is 52.6 Å². The minimum atomic E-state index is 0.0440. The predicted molar refractivity (Wildman–Crippen MR) is 133 cm³/mol. The SMILES string of the molecule is CC(=O)c1ccc(-c2ncc(N3CCN(SN(C)C)CC3)nc2-c2ccc(Cl)cc2)cc1. The minimum absolute atomic E-state index is 0.0440. The van der Waals surface area contributed by atoms with Gasteiger partial charge in [-0.15, -0.1) is 0 Å². The van der Waals surface area contributed by atoms with Gasteiger partial charge >= 0.3 is 0 Å². The van der Waals surface area contributed by atoms with Crippen molar-refractivity contribution in [1.29, 1.82) is 0 Å². The van der Waals surface area contributed by atoms with E-state index in [2.05, 4.69) is 27.6 Å². The summed E-state index contributed by atoms with van der Waals surface area (Å²) >= 11 is 7.86. The highest BCUT2D eigenvalue weighted by Gasteiger charge is 2.21. The average Bonchev–Trinajstić information content (AvgIpc) is 2.79. The van der Waals surface area contributed by atoms with Gasteiger partial charge in [-0.1, -0.05) is 48.0 Å². The van der Waals surface area contributed by atoms with Gasteiger partial charge in [-0.3, -0.25) is 9.78 Å². The van der Waals surface area contributed by atoms with Crippen molar-refractivity contribution in [2.75, 3.05) is 45.2 Å². The molecule has 166 valence electrons. The van der Waals surface area contributed by atoms with Gasteiger partial charge in [0.05, 0.1) is 17.6 Å². The fourth-order valence-electron chi connectivity index (χ4n) is 3.65. The van der Waals surface area contributed by atoms with Crippen molar-refractivity contribution in [3.63, 3.8) is 0 Å². The molecule has 8 heteroatoms. The van der Waals surface area contributed by atoms with Gasteiger partial charge in [0.1, 0.15) is 5.82 Å². The number of anilines is 1. The first-order valence-corrected chi connectivity index (χ1v) is 11.6. The van der Waals surface area contributed by atoms with E-state index < -0.39 is 0 Å². The highest BCUT2D eigenvalue weighted by atomic mass is 35.5. The van der Waals surface area contributed by atoms with Gasteiger partial charge < -0.3 is 4.90 Å². The van der Waals surface area contributed by atoms with Gasteiger partial charge in [-0.25, -0.2) is 13.6 Å². The Morgan fingerprint density at radius 2 is 1.53 bits per heavy atom. The lowest BCUT2D eigenvalue weighted by Gasteiger charge is -2.35. The zero-order chi connectivity index (χ0) is 22.7. The Labute approximate surface area is 198 Å². The summed E-state index contributed by atoms with van der Waals surface area (Å²) in [6.45, 7) is 5.26. The fourth-order valence-corrected chi connectivity index (χ4v) is 4.56. The molecule has 1 aliphatic rings. The Morgan fingerprint density at radius 1 is 0.938 bits per heavy atom. The Kier molecular flexibility index (Phi) is 7.10. The first-order valence-electron chi connectivity index (χ1n) is 10.5. The van der Waals surface area contributed by atoms with E-state index in [9.17, 15) is 4.79 Å². The maximum Gasteiger partial charge on any atom is 0.159 e. The fraction of sp³-hybridized carbons (Fsp3) is 0.292. The van der Waals surface area contributed by atoms with Crippen LogP contribution in [0.2, 0.25) is 5.02 Å². The molecule has 1 aromatic heterocycles. The number of aromatic nitrogens is 2. The monoisotopic (exact) mass is 467 g/mol. The van der Waals surface area contributed by atoms with E-state index in [0.717, 1.165) is 54.5 Å². The molecule has 1 aliphatic heterocycles. The molecule has 0 radical (unpaired) electrons. The molecule has 0 amide bonds. The number of ketones is 1. The van der Waals surface area contributed by atoms with Crippen LogP contribution in [0.4, 0.5) is 5.82 Å². The van der Waals surface area contributed by atoms with Crippen molar-refractivity contribution in [2.24, 2.45) is 0 Å². The Balaban J connectivity index is 1.67. The van der Waals surface area contributed by atoms with Crippen molar-refractivity contribution in [3.8, 4) is 22.5 Å². The summed E-state index contributed by atoms with van der Waals surface area (Å²) in [5.41, 5.74) is 4.15. The highest BCUT2D eigenvalue weighted by molar-refractivity contribution is 7.94. The van der Waals surface area contributed by atoms with Crippen molar-refractivity contribution in [3.05, 3.63) is 65.3 Å². The molecule has 1 saturated heterocycles. The van der Waals surface area contributed by atoms with Gasteiger partial charge in [0.2, 0.25) is 0 Å². The number of rotatable bonds is 6. The molecular formula is C24H26ClN5OS. The first kappa shape index (κ1) is 22.7. The number of halogens is 1. The lowest BCUT2D eigenvalue weighted by molar-refractivity contribution is 0.101. The average molecular weight is 468 g/mol. The number of carbonyl (C=O) groups is 1. The maximum absolute atomic E-state index is 11.7. The van der Waals surface area contributed by atoms with Crippen LogP contribution in [0.15, 0.2) is 54.7 Å². The van der Waals surface area contributed by atoms with Crippen LogP contribution < -0.4 is 4.90 Å². The van der Waals surface area contributed by atoms with Crippen LogP contribution in [-0.4, -0.2) is 64.6 Å². The van der Waals surface area contributed by atoms with Gasteiger partial charge in [0.25, 0.3) is 0 Å². The summed E-state index contributed by atoms with van der Waals surface area (Å²) < 4.78 is 4.47. The van der Waals surface area contributed by atoms with Gasteiger partial charge in [0, 0.05) is 60.0 Å². The number of piperazine rings is 1. The van der Waals surface area contributed by atoms with Crippen LogP contribution in [0.5, 0.6) is 0 Å². The van der Waals surface area contributed by atoms with E-state index in [1.54, 1.807) is 19.1 Å². The second-order valence-electron chi connectivity index (χ2n) is 7.88. The second kappa shape index (κ2) is 10.0. The summed E-state index contributed by atoms with van der Waals surface area (Å²) in [5, 5.41) is 0.680. The molecule has 2 aromatic carbocycles. The third-order valence-electron chi connectivity index (χ3n) is 5.28. The van der Waals surface area contributed by atoms with Gasteiger partial charge in [-0.05, 0) is 33.2 Å². The summed E-state index contributed by atoms with van der Waals surface area (Å²) in [4.78, 5) is 23.8. The van der Waals surface area contributed by atoms with E-state index >= 15 is 0 Å². The van der Waals surface area contributed by atoms with Crippen LogP contribution in [0.3, 0.4) is 0 Å². The quantitative estimate of drug-likeness (QED) is 0.377. The summed E-state index contributed by atoms with van der Waals surface area (Å²) in [6.07, 6.45) is 1.85. The number of hydrogen-bond acceptors (Lipinski definition) is 7. The Bertz CT molecular complexity index is 1080. The lowest BCUT2D eigenvalue weighted by Crippen LogP contribution is -2.44. The molecule has 0 N–H and O–H groups in total. The first-order chi connectivity index (χ1) is 15.4. The summed E-state index contributed by atoms with van der Waals surface area (Å²) in [5.74, 6) is 0.913. The molecule has 0 bridgehead atoms. The molecule has 4 rings (SSSR count). The zero-order valence-electron chi connectivity index (χ0n) is 18.5. The zero-order valence-corrected chi connectivity index (χ0v) is 20.0. The molecule has 0 spiro atoms. The van der Waals surface area contributed by atoms with Crippen LogP contribution in [0.25, 0.3) is 22.5 Å². The number of benzene rings is 2. The number of carbonyl (C=O) groups excluding carboxylic acids is 1. The van der Waals surface area contributed by atoms with E-state index in [-0.39, 0.29) is 5.78 Å². The van der Waals surface area contributed by atoms with Crippen molar-refractivity contribution in [2.45, 2.75) is 6.92 Å². The highest BCUT2D eigenvalue weighted by Crippen LogP contribution is 2.32. The lowest BCUT2D eigenvalue weighted by atomic mass is 10.0. The maximum atomic E-state index is 11.7. The molecule has 0 saturated carbocycles.